The maximum Gasteiger partial charge on any atom is 0.239 e. The highest BCUT2D eigenvalue weighted by Crippen LogP contribution is 2.39. The van der Waals surface area contributed by atoms with Gasteiger partial charge in [-0.3, -0.25) is 14.3 Å². The minimum Gasteiger partial charge on any atom is -0.378 e. The number of piperidine rings is 1. The van der Waals surface area contributed by atoms with E-state index < -0.39 is 11.1 Å². The number of carbonyl (C=O) groups excluding carboxylic acids is 1. The summed E-state index contributed by atoms with van der Waals surface area (Å²) < 4.78 is 16.1. The van der Waals surface area contributed by atoms with E-state index >= 15 is 0 Å². The van der Waals surface area contributed by atoms with Gasteiger partial charge in [0.15, 0.2) is 17.0 Å². The maximum atomic E-state index is 12.4. The van der Waals surface area contributed by atoms with Crippen LogP contribution in [0.1, 0.15) is 58.1 Å². The van der Waals surface area contributed by atoms with Crippen molar-refractivity contribution >= 4 is 33.9 Å². The molecule has 1 amide bonds. The molecule has 5 heterocycles. The van der Waals surface area contributed by atoms with E-state index in [1.54, 1.807) is 7.11 Å². The Bertz CT molecular complexity index is 1640. The molecule has 12 nitrogen and oxygen atoms in total. The second-order valence-corrected chi connectivity index (χ2v) is 12.2. The molecule has 12 heteroatoms. The smallest absolute Gasteiger partial charge is 0.239 e. The number of para-hydroxylation sites is 2. The van der Waals surface area contributed by atoms with Gasteiger partial charge in [-0.15, -0.1) is 0 Å². The summed E-state index contributed by atoms with van der Waals surface area (Å²) in [5, 5.41) is 0. The highest BCUT2D eigenvalue weighted by Gasteiger charge is 2.46. The average molecular weight is 576 g/mol. The van der Waals surface area contributed by atoms with Crippen LogP contribution in [0.15, 0.2) is 24.3 Å². The summed E-state index contributed by atoms with van der Waals surface area (Å²) >= 11 is 0. The fourth-order valence-electron chi connectivity index (χ4n) is 6.28. The number of nitrogens with zero attached hydrogens (tertiary/aromatic N) is 8. The first-order valence-corrected chi connectivity index (χ1v) is 14.7. The molecule has 2 saturated heterocycles. The Morgan fingerprint density at radius 3 is 2.52 bits per heavy atom. The van der Waals surface area contributed by atoms with Gasteiger partial charge >= 0.3 is 0 Å². The molecule has 3 aromatic heterocycles. The van der Waals surface area contributed by atoms with Gasteiger partial charge in [0.1, 0.15) is 17.2 Å². The number of likely N-dealkylation sites (tertiary alicyclic amines) is 1. The van der Waals surface area contributed by atoms with Gasteiger partial charge in [-0.05, 0) is 45.4 Å². The number of aryl methyl sites for hydroxylation is 1. The number of nitrogens with two attached hydrogens (primary N) is 1. The molecule has 0 bridgehead atoms. The third-order valence-corrected chi connectivity index (χ3v) is 8.95. The summed E-state index contributed by atoms with van der Waals surface area (Å²) in [5.74, 6) is 2.77. The van der Waals surface area contributed by atoms with Gasteiger partial charge in [-0.1, -0.05) is 26.0 Å². The van der Waals surface area contributed by atoms with Gasteiger partial charge in [0.2, 0.25) is 11.9 Å². The van der Waals surface area contributed by atoms with Crippen LogP contribution in [-0.4, -0.2) is 91.9 Å². The highest BCUT2D eigenvalue weighted by atomic mass is 16.5. The first-order valence-electron chi connectivity index (χ1n) is 14.7. The Morgan fingerprint density at radius 2 is 1.83 bits per heavy atom. The molecule has 2 fully saturated rings. The van der Waals surface area contributed by atoms with Crippen molar-refractivity contribution in [3.05, 3.63) is 35.9 Å². The fourth-order valence-corrected chi connectivity index (χ4v) is 6.28. The molecule has 6 rings (SSSR count). The lowest BCUT2D eigenvalue weighted by Gasteiger charge is -2.46. The number of anilines is 1. The van der Waals surface area contributed by atoms with Crippen molar-refractivity contribution in [2.45, 2.75) is 57.6 Å². The van der Waals surface area contributed by atoms with E-state index in [4.69, 9.17) is 35.1 Å². The van der Waals surface area contributed by atoms with Gasteiger partial charge in [0.05, 0.1) is 29.8 Å². The van der Waals surface area contributed by atoms with Gasteiger partial charge in [0, 0.05) is 39.7 Å². The molecule has 2 N–H and O–H groups in total. The summed E-state index contributed by atoms with van der Waals surface area (Å²) in [6.45, 7) is 11.9. The number of methoxy groups -OCH3 is 1. The molecule has 0 spiro atoms. The molecule has 2 aliphatic rings. The van der Waals surface area contributed by atoms with Crippen molar-refractivity contribution in [2.75, 3.05) is 51.4 Å². The van der Waals surface area contributed by atoms with Crippen molar-refractivity contribution < 1.29 is 14.3 Å². The summed E-state index contributed by atoms with van der Waals surface area (Å²) in [7, 11) is 3.70. The van der Waals surface area contributed by atoms with Crippen molar-refractivity contribution in [3.8, 4) is 5.95 Å². The number of carbonyl (C=O) groups is 1. The Balaban J connectivity index is 1.57. The predicted octanol–water partition coefficient (Wildman–Crippen LogP) is 2.86. The van der Waals surface area contributed by atoms with Crippen LogP contribution in [0.2, 0.25) is 0 Å². The monoisotopic (exact) mass is 575 g/mol. The number of amides is 1. The molecular weight excluding hydrogens is 534 g/mol. The van der Waals surface area contributed by atoms with Crippen LogP contribution in [0.3, 0.4) is 0 Å². The lowest BCUT2D eigenvalue weighted by molar-refractivity contribution is -0.137. The molecule has 0 saturated carbocycles. The van der Waals surface area contributed by atoms with E-state index in [0.717, 1.165) is 53.4 Å². The number of aromatic nitrogens is 6. The zero-order valence-corrected chi connectivity index (χ0v) is 25.4. The van der Waals surface area contributed by atoms with Crippen molar-refractivity contribution in [3.63, 3.8) is 0 Å². The second kappa shape index (κ2) is 10.6. The Morgan fingerprint density at radius 1 is 1.10 bits per heavy atom. The average Bonchev–Trinajstić information content (AvgIpc) is 3.55. The first-order chi connectivity index (χ1) is 20.1. The highest BCUT2D eigenvalue weighted by molar-refractivity contribution is 5.86. The normalized spacial score (nSPS) is 20.7. The zero-order valence-electron chi connectivity index (χ0n) is 25.4. The van der Waals surface area contributed by atoms with Crippen LogP contribution in [0.25, 0.3) is 28.1 Å². The van der Waals surface area contributed by atoms with Crippen LogP contribution in [-0.2, 0) is 26.9 Å². The molecule has 0 radical (unpaired) electrons. The standard InChI is InChI=1S/C30H41N9O3/c1-19(2)23-32-20-10-7-8-11-21(20)39(23)28-34-24-22(25(35-28)37-14-16-42-17-15-37)33-27(36(24)5)30(41-6)12-9-13-38(18-30)29(3,4)26(31)40/h7-8,10-11,19H,9,12-18H2,1-6H3,(H2,31,40)/t30-/m1/s1. The van der Waals surface area contributed by atoms with E-state index in [9.17, 15) is 4.79 Å². The fraction of sp³-hybridized carbons (Fsp3) is 0.567. The van der Waals surface area contributed by atoms with Gasteiger partial charge in [0.25, 0.3) is 0 Å². The number of fused-ring (bicyclic) bond motifs is 2. The molecule has 1 aromatic carbocycles. The van der Waals surface area contributed by atoms with E-state index in [0.29, 0.717) is 44.4 Å². The van der Waals surface area contributed by atoms with Gasteiger partial charge in [-0.25, -0.2) is 9.97 Å². The maximum absolute atomic E-state index is 12.4. The predicted molar refractivity (Wildman–Crippen MR) is 161 cm³/mol. The van der Waals surface area contributed by atoms with Crippen LogP contribution in [0, 0.1) is 0 Å². The quantitative estimate of drug-likeness (QED) is 0.354. The number of rotatable bonds is 7. The number of imidazole rings is 2. The summed E-state index contributed by atoms with van der Waals surface area (Å²) in [6.07, 6.45) is 1.59. The van der Waals surface area contributed by atoms with Crippen molar-refractivity contribution in [2.24, 2.45) is 12.8 Å². The number of benzene rings is 1. The molecular formula is C30H41N9O3. The molecule has 0 unspecified atom stereocenters. The van der Waals surface area contributed by atoms with Crippen molar-refractivity contribution in [1.82, 2.24) is 34.0 Å². The number of hydrogen-bond donors (Lipinski definition) is 1. The Hall–Kier alpha value is -3.61. The first kappa shape index (κ1) is 28.5. The van der Waals surface area contributed by atoms with Crippen LogP contribution in [0.4, 0.5) is 5.82 Å². The molecule has 2 aliphatic heterocycles. The van der Waals surface area contributed by atoms with Gasteiger partial charge < -0.3 is 24.7 Å². The molecule has 1 atom stereocenters. The van der Waals surface area contributed by atoms with Crippen molar-refractivity contribution in [1.29, 1.82) is 0 Å². The third kappa shape index (κ3) is 4.52. The number of ether oxygens (including phenoxy) is 2. The summed E-state index contributed by atoms with van der Waals surface area (Å²) in [5.41, 5.74) is 7.53. The van der Waals surface area contributed by atoms with Gasteiger partial charge in [-0.2, -0.15) is 9.97 Å². The Labute approximate surface area is 245 Å². The minimum atomic E-state index is -0.823. The summed E-state index contributed by atoms with van der Waals surface area (Å²) in [6, 6.07) is 8.09. The number of hydrogen-bond acceptors (Lipinski definition) is 9. The topological polar surface area (TPSA) is 129 Å². The Kier molecular flexibility index (Phi) is 7.19. The zero-order chi connectivity index (χ0) is 29.8. The SMILES string of the molecule is CO[C@]1(c2nc3c(N4CCOCC4)nc(-n4c(C(C)C)nc5ccccc54)nc3n2C)CCCN(C(C)(C)C(N)=O)C1. The van der Waals surface area contributed by atoms with Crippen LogP contribution < -0.4 is 10.6 Å². The van der Waals surface area contributed by atoms with E-state index in [1.807, 2.05) is 43.7 Å². The molecule has 4 aromatic rings. The minimum absolute atomic E-state index is 0.157. The second-order valence-electron chi connectivity index (χ2n) is 12.2. The number of primary amides is 1. The number of morpholine rings is 1. The molecule has 42 heavy (non-hydrogen) atoms. The van der Waals surface area contributed by atoms with E-state index in [-0.39, 0.29) is 11.8 Å². The largest absolute Gasteiger partial charge is 0.378 e. The lowest BCUT2D eigenvalue weighted by atomic mass is 9.87. The molecule has 0 aliphatic carbocycles. The van der Waals surface area contributed by atoms with Crippen LogP contribution in [0.5, 0.6) is 0 Å². The third-order valence-electron chi connectivity index (χ3n) is 8.95. The lowest BCUT2D eigenvalue weighted by Crippen LogP contribution is -2.60. The van der Waals surface area contributed by atoms with Crippen LogP contribution >= 0.6 is 0 Å². The van der Waals surface area contributed by atoms with E-state index in [2.05, 4.69) is 34.3 Å². The summed E-state index contributed by atoms with van der Waals surface area (Å²) in [4.78, 5) is 37.2. The van der Waals surface area contributed by atoms with E-state index in [1.165, 1.54) is 0 Å². The molecule has 224 valence electrons.